The lowest BCUT2D eigenvalue weighted by Gasteiger charge is -2.26. The normalized spacial score (nSPS) is 18.9. The second-order valence-corrected chi connectivity index (χ2v) is 4.25. The van der Waals surface area contributed by atoms with Crippen LogP contribution in [0.15, 0.2) is 0 Å². The smallest absolute Gasteiger partial charge is 0.323 e. The molecule has 7 nitrogen and oxygen atoms in total. The zero-order chi connectivity index (χ0) is 13.5. The van der Waals surface area contributed by atoms with Gasteiger partial charge in [0.05, 0.1) is 0 Å². The third-order valence-electron chi connectivity index (χ3n) is 2.69. The van der Waals surface area contributed by atoms with Gasteiger partial charge < -0.3 is 20.6 Å². The number of hydrogen-bond acceptors (Lipinski definition) is 3. The van der Waals surface area contributed by atoms with E-state index in [0.29, 0.717) is 25.9 Å². The molecule has 7 heteroatoms. The molecule has 1 aliphatic heterocycles. The van der Waals surface area contributed by atoms with Crippen molar-refractivity contribution in [3.05, 3.63) is 0 Å². The zero-order valence-electron chi connectivity index (χ0n) is 10.4. The van der Waals surface area contributed by atoms with E-state index in [-0.39, 0.29) is 12.5 Å². The first-order valence-electron chi connectivity index (χ1n) is 6.09. The van der Waals surface area contributed by atoms with Gasteiger partial charge in [-0.15, -0.1) is 0 Å². The van der Waals surface area contributed by atoms with Crippen LogP contribution >= 0.6 is 0 Å². The molecule has 0 spiro atoms. The summed E-state index contributed by atoms with van der Waals surface area (Å²) in [5.41, 5.74) is 0. The summed E-state index contributed by atoms with van der Waals surface area (Å²) in [7, 11) is 0. The molecule has 1 heterocycles. The Hall–Kier alpha value is -1.79. The van der Waals surface area contributed by atoms with E-state index >= 15 is 0 Å². The second kappa shape index (κ2) is 6.83. The molecule has 1 fully saturated rings. The predicted molar refractivity (Wildman–Crippen MR) is 64.1 cm³/mol. The van der Waals surface area contributed by atoms with Crippen LogP contribution in [-0.2, 0) is 9.59 Å². The van der Waals surface area contributed by atoms with Crippen molar-refractivity contribution in [3.63, 3.8) is 0 Å². The molecule has 0 aliphatic carbocycles. The molecular weight excluding hydrogens is 238 g/mol. The Balaban J connectivity index is 2.54. The van der Waals surface area contributed by atoms with Crippen molar-refractivity contribution in [3.8, 4) is 0 Å². The van der Waals surface area contributed by atoms with Crippen LogP contribution in [0.3, 0.4) is 0 Å². The molecule has 18 heavy (non-hydrogen) atoms. The first kappa shape index (κ1) is 14.3. The van der Waals surface area contributed by atoms with Gasteiger partial charge in [0, 0.05) is 13.1 Å². The van der Waals surface area contributed by atoms with Gasteiger partial charge >= 0.3 is 12.0 Å². The van der Waals surface area contributed by atoms with Crippen LogP contribution in [0.5, 0.6) is 0 Å². The van der Waals surface area contributed by atoms with Gasteiger partial charge in [-0.3, -0.25) is 9.59 Å². The van der Waals surface area contributed by atoms with Crippen molar-refractivity contribution < 1.29 is 19.5 Å². The fourth-order valence-corrected chi connectivity index (χ4v) is 1.84. The number of aliphatic carboxylic acids is 1. The molecule has 0 aromatic heterocycles. The summed E-state index contributed by atoms with van der Waals surface area (Å²) in [6.45, 7) is 2.48. The second-order valence-electron chi connectivity index (χ2n) is 4.25. The summed E-state index contributed by atoms with van der Waals surface area (Å²) >= 11 is 0. The molecule has 3 amide bonds. The third kappa shape index (κ3) is 4.23. The SMILES string of the molecule is CCCN(CC(=O)O)C(=O)NC1CCCNC1=O. The standard InChI is InChI=1S/C11H19N3O4/c1-2-6-14(7-9(15)16)11(18)13-8-4-3-5-12-10(8)17/h8H,2-7H2,1H3,(H,12,17)(H,13,18)(H,15,16). The van der Waals surface area contributed by atoms with E-state index in [1.807, 2.05) is 6.92 Å². The summed E-state index contributed by atoms with van der Waals surface area (Å²) in [5.74, 6) is -1.27. The van der Waals surface area contributed by atoms with Crippen LogP contribution in [0.2, 0.25) is 0 Å². The van der Waals surface area contributed by atoms with Crippen LogP contribution in [0, 0.1) is 0 Å². The van der Waals surface area contributed by atoms with E-state index in [4.69, 9.17) is 5.11 Å². The number of carboxylic acids is 1. The minimum absolute atomic E-state index is 0.207. The lowest BCUT2D eigenvalue weighted by molar-refractivity contribution is -0.137. The maximum Gasteiger partial charge on any atom is 0.323 e. The maximum absolute atomic E-state index is 11.9. The van der Waals surface area contributed by atoms with Gasteiger partial charge in [-0.25, -0.2) is 4.79 Å². The van der Waals surface area contributed by atoms with E-state index in [9.17, 15) is 14.4 Å². The minimum atomic E-state index is -1.06. The molecule has 3 N–H and O–H groups in total. The number of hydrogen-bond donors (Lipinski definition) is 3. The molecule has 0 radical (unpaired) electrons. The fraction of sp³-hybridized carbons (Fsp3) is 0.727. The molecule has 0 saturated carbocycles. The summed E-state index contributed by atoms with van der Waals surface area (Å²) in [5, 5.41) is 13.9. The summed E-state index contributed by atoms with van der Waals surface area (Å²) in [6, 6.07) is -1.05. The number of amides is 3. The highest BCUT2D eigenvalue weighted by molar-refractivity contribution is 5.88. The van der Waals surface area contributed by atoms with Crippen LogP contribution in [0.25, 0.3) is 0 Å². The van der Waals surface area contributed by atoms with Crippen LogP contribution < -0.4 is 10.6 Å². The van der Waals surface area contributed by atoms with E-state index in [1.165, 1.54) is 4.90 Å². The average Bonchev–Trinajstić information content (AvgIpc) is 2.31. The third-order valence-corrected chi connectivity index (χ3v) is 2.69. The highest BCUT2D eigenvalue weighted by Crippen LogP contribution is 2.04. The summed E-state index contributed by atoms with van der Waals surface area (Å²) in [6.07, 6.45) is 2.06. The Morgan fingerprint density at radius 2 is 2.28 bits per heavy atom. The number of carbonyl (C=O) groups excluding carboxylic acids is 2. The van der Waals surface area contributed by atoms with Crippen molar-refractivity contribution in [1.29, 1.82) is 0 Å². The lowest BCUT2D eigenvalue weighted by Crippen LogP contribution is -2.54. The maximum atomic E-state index is 11.9. The molecule has 1 saturated heterocycles. The van der Waals surface area contributed by atoms with Crippen molar-refractivity contribution in [2.45, 2.75) is 32.2 Å². The topological polar surface area (TPSA) is 98.7 Å². The van der Waals surface area contributed by atoms with Gasteiger partial charge in [0.2, 0.25) is 5.91 Å². The minimum Gasteiger partial charge on any atom is -0.480 e. The Labute approximate surface area is 106 Å². The molecule has 0 aromatic carbocycles. The summed E-state index contributed by atoms with van der Waals surface area (Å²) < 4.78 is 0. The Bertz CT molecular complexity index is 332. The van der Waals surface area contributed by atoms with Gasteiger partial charge in [-0.05, 0) is 19.3 Å². The van der Waals surface area contributed by atoms with Crippen LogP contribution in [0.4, 0.5) is 4.79 Å². The number of rotatable bonds is 5. The van der Waals surface area contributed by atoms with Gasteiger partial charge in [-0.2, -0.15) is 0 Å². The Morgan fingerprint density at radius 1 is 1.56 bits per heavy atom. The van der Waals surface area contributed by atoms with Gasteiger partial charge in [0.1, 0.15) is 12.6 Å². The first-order chi connectivity index (χ1) is 8.54. The van der Waals surface area contributed by atoms with Gasteiger partial charge in [-0.1, -0.05) is 6.92 Å². The first-order valence-corrected chi connectivity index (χ1v) is 6.09. The molecule has 1 rings (SSSR count). The van der Waals surface area contributed by atoms with Crippen molar-refractivity contribution in [2.75, 3.05) is 19.6 Å². The molecular formula is C11H19N3O4. The lowest BCUT2D eigenvalue weighted by atomic mass is 10.1. The monoisotopic (exact) mass is 257 g/mol. The fourth-order valence-electron chi connectivity index (χ4n) is 1.84. The van der Waals surface area contributed by atoms with E-state index in [0.717, 1.165) is 6.42 Å². The number of nitrogens with zero attached hydrogens (tertiary/aromatic N) is 1. The molecule has 1 atom stereocenters. The van der Waals surface area contributed by atoms with E-state index < -0.39 is 18.0 Å². The highest BCUT2D eigenvalue weighted by Gasteiger charge is 2.26. The van der Waals surface area contributed by atoms with E-state index in [1.54, 1.807) is 0 Å². The number of carboxylic acid groups (broad SMARTS) is 1. The Morgan fingerprint density at radius 3 is 2.83 bits per heavy atom. The summed E-state index contributed by atoms with van der Waals surface area (Å²) in [4.78, 5) is 35.2. The number of nitrogens with one attached hydrogen (secondary N) is 2. The van der Waals surface area contributed by atoms with E-state index in [2.05, 4.69) is 10.6 Å². The van der Waals surface area contributed by atoms with Crippen LogP contribution in [-0.4, -0.2) is 53.6 Å². The van der Waals surface area contributed by atoms with Crippen molar-refractivity contribution >= 4 is 17.9 Å². The van der Waals surface area contributed by atoms with Gasteiger partial charge in [0.25, 0.3) is 0 Å². The number of urea groups is 1. The number of piperidine rings is 1. The molecule has 1 aliphatic rings. The van der Waals surface area contributed by atoms with Gasteiger partial charge in [0.15, 0.2) is 0 Å². The number of carbonyl (C=O) groups is 3. The molecule has 102 valence electrons. The Kier molecular flexibility index (Phi) is 5.41. The van der Waals surface area contributed by atoms with Crippen molar-refractivity contribution in [2.24, 2.45) is 0 Å². The largest absolute Gasteiger partial charge is 0.480 e. The molecule has 0 aromatic rings. The van der Waals surface area contributed by atoms with Crippen molar-refractivity contribution in [1.82, 2.24) is 15.5 Å². The zero-order valence-corrected chi connectivity index (χ0v) is 10.4. The molecule has 1 unspecified atom stereocenters. The quantitative estimate of drug-likeness (QED) is 0.633. The van der Waals surface area contributed by atoms with Crippen LogP contribution in [0.1, 0.15) is 26.2 Å². The average molecular weight is 257 g/mol. The highest BCUT2D eigenvalue weighted by atomic mass is 16.4. The predicted octanol–water partition coefficient (Wildman–Crippen LogP) is -0.229. The molecule has 0 bridgehead atoms.